The van der Waals surface area contributed by atoms with E-state index in [1.54, 1.807) is 18.2 Å². The standard InChI is InChI=1S/C11H14FN.C8H13N5O/c12-10-5-4-6-11(9-10)13-7-2-1-3-8-13;9-6-5-7(12-8(10)11-6)13-1-3-14-4-2-13/h4-6,9H,1-3,7-8H2;5H,1-4H2,(H4,9,10,11,12). The van der Waals surface area contributed by atoms with Crippen molar-refractivity contribution in [2.45, 2.75) is 19.3 Å². The average Bonchev–Trinajstić information content (AvgIpc) is 2.69. The van der Waals surface area contributed by atoms with Crippen LogP contribution < -0.4 is 21.3 Å². The minimum absolute atomic E-state index is 0.136. The Morgan fingerprint density at radius 2 is 1.63 bits per heavy atom. The lowest BCUT2D eigenvalue weighted by Crippen LogP contribution is -2.36. The molecule has 0 amide bonds. The van der Waals surface area contributed by atoms with Crippen LogP contribution in [0.3, 0.4) is 0 Å². The van der Waals surface area contributed by atoms with Crippen LogP contribution in [-0.2, 0) is 4.74 Å². The molecule has 0 radical (unpaired) electrons. The average molecular weight is 374 g/mol. The number of anilines is 4. The Balaban J connectivity index is 0.000000156. The fourth-order valence-corrected chi connectivity index (χ4v) is 3.25. The topological polar surface area (TPSA) is 93.5 Å². The summed E-state index contributed by atoms with van der Waals surface area (Å²) in [5, 5.41) is 0. The molecule has 0 bridgehead atoms. The lowest BCUT2D eigenvalue weighted by atomic mass is 10.1. The fraction of sp³-hybridized carbons (Fsp3) is 0.474. The summed E-state index contributed by atoms with van der Waals surface area (Å²) >= 11 is 0. The van der Waals surface area contributed by atoms with Crippen LogP contribution in [0.15, 0.2) is 30.3 Å². The zero-order valence-electron chi connectivity index (χ0n) is 15.5. The summed E-state index contributed by atoms with van der Waals surface area (Å²) in [6, 6.07) is 8.59. The van der Waals surface area contributed by atoms with Gasteiger partial charge in [0.15, 0.2) is 0 Å². The fourth-order valence-electron chi connectivity index (χ4n) is 3.25. The number of rotatable bonds is 2. The maximum Gasteiger partial charge on any atom is 0.223 e. The summed E-state index contributed by atoms with van der Waals surface area (Å²) in [5.41, 5.74) is 12.1. The summed E-state index contributed by atoms with van der Waals surface area (Å²) in [5.74, 6) is 1.26. The second-order valence-electron chi connectivity index (χ2n) is 6.64. The normalized spacial score (nSPS) is 17.2. The van der Waals surface area contributed by atoms with Gasteiger partial charge in [-0.25, -0.2) is 4.39 Å². The molecule has 2 aliphatic rings. The Morgan fingerprint density at radius 3 is 2.30 bits per heavy atom. The number of hydrogen-bond acceptors (Lipinski definition) is 7. The van der Waals surface area contributed by atoms with Gasteiger partial charge in [0, 0.05) is 37.9 Å². The molecule has 0 aliphatic carbocycles. The number of aromatic nitrogens is 2. The molecule has 2 aliphatic heterocycles. The van der Waals surface area contributed by atoms with Gasteiger partial charge in [-0.1, -0.05) is 6.07 Å². The van der Waals surface area contributed by atoms with E-state index in [0.717, 1.165) is 37.7 Å². The third kappa shape index (κ3) is 5.68. The molecule has 0 saturated carbocycles. The third-order valence-electron chi connectivity index (χ3n) is 4.61. The van der Waals surface area contributed by atoms with Gasteiger partial charge in [0.25, 0.3) is 0 Å². The summed E-state index contributed by atoms with van der Waals surface area (Å²) in [7, 11) is 0. The Labute approximate surface area is 159 Å². The molecule has 8 heteroatoms. The van der Waals surface area contributed by atoms with Crippen LogP contribution in [0.4, 0.5) is 27.7 Å². The predicted molar refractivity (Wildman–Crippen MR) is 106 cm³/mol. The molecule has 27 heavy (non-hydrogen) atoms. The number of nitrogens with zero attached hydrogens (tertiary/aromatic N) is 4. The summed E-state index contributed by atoms with van der Waals surface area (Å²) in [6.45, 7) is 5.20. The highest BCUT2D eigenvalue weighted by atomic mass is 19.1. The third-order valence-corrected chi connectivity index (χ3v) is 4.61. The van der Waals surface area contributed by atoms with E-state index in [2.05, 4.69) is 19.8 Å². The zero-order valence-corrected chi connectivity index (χ0v) is 15.5. The molecule has 3 heterocycles. The van der Waals surface area contributed by atoms with E-state index in [4.69, 9.17) is 16.2 Å². The Kier molecular flexibility index (Phi) is 6.64. The van der Waals surface area contributed by atoms with Crippen molar-refractivity contribution in [1.82, 2.24) is 9.97 Å². The Bertz CT molecular complexity index is 712. The van der Waals surface area contributed by atoms with Crippen molar-refractivity contribution in [2.24, 2.45) is 0 Å². The van der Waals surface area contributed by atoms with Gasteiger partial charge < -0.3 is 26.0 Å². The number of nitrogen functional groups attached to an aromatic ring is 2. The largest absolute Gasteiger partial charge is 0.383 e. The van der Waals surface area contributed by atoms with E-state index >= 15 is 0 Å². The monoisotopic (exact) mass is 374 g/mol. The predicted octanol–water partition coefficient (Wildman–Crippen LogP) is 2.29. The molecular weight excluding hydrogens is 347 g/mol. The minimum atomic E-state index is -0.136. The Hall–Kier alpha value is -2.61. The molecule has 4 rings (SSSR count). The number of benzene rings is 1. The van der Waals surface area contributed by atoms with Gasteiger partial charge in [-0.2, -0.15) is 9.97 Å². The van der Waals surface area contributed by atoms with Crippen LogP contribution in [0.25, 0.3) is 0 Å². The van der Waals surface area contributed by atoms with Gasteiger partial charge in [0.05, 0.1) is 13.2 Å². The summed E-state index contributed by atoms with van der Waals surface area (Å²) < 4.78 is 18.1. The molecule has 0 unspecified atom stereocenters. The number of ether oxygens (including phenoxy) is 1. The van der Waals surface area contributed by atoms with Crippen molar-refractivity contribution in [3.05, 3.63) is 36.1 Å². The number of nitrogens with two attached hydrogens (primary N) is 2. The second kappa shape index (κ2) is 9.36. The maximum absolute atomic E-state index is 12.9. The summed E-state index contributed by atoms with van der Waals surface area (Å²) in [4.78, 5) is 12.3. The van der Waals surface area contributed by atoms with E-state index in [1.165, 1.54) is 25.3 Å². The number of halogens is 1. The van der Waals surface area contributed by atoms with Crippen LogP contribution in [-0.4, -0.2) is 49.4 Å². The first-order chi connectivity index (χ1) is 13.1. The van der Waals surface area contributed by atoms with E-state index in [0.29, 0.717) is 19.0 Å². The molecule has 146 valence electrons. The molecule has 0 spiro atoms. The molecule has 1 aromatic carbocycles. The molecule has 2 saturated heterocycles. The lowest BCUT2D eigenvalue weighted by molar-refractivity contribution is 0.122. The van der Waals surface area contributed by atoms with Crippen molar-refractivity contribution in [1.29, 1.82) is 0 Å². The number of morpholine rings is 1. The molecule has 7 nitrogen and oxygen atoms in total. The quantitative estimate of drug-likeness (QED) is 0.833. The SMILES string of the molecule is Fc1cccc(N2CCCCC2)c1.Nc1cc(N2CCOCC2)nc(N)n1. The lowest BCUT2D eigenvalue weighted by Gasteiger charge is -2.28. The van der Waals surface area contributed by atoms with Crippen molar-refractivity contribution in [3.63, 3.8) is 0 Å². The van der Waals surface area contributed by atoms with Crippen LogP contribution >= 0.6 is 0 Å². The number of piperidine rings is 1. The highest BCUT2D eigenvalue weighted by Crippen LogP contribution is 2.20. The first-order valence-electron chi connectivity index (χ1n) is 9.35. The van der Waals surface area contributed by atoms with Crippen molar-refractivity contribution >= 4 is 23.3 Å². The van der Waals surface area contributed by atoms with E-state index in [-0.39, 0.29) is 11.8 Å². The van der Waals surface area contributed by atoms with Gasteiger partial charge in [0.2, 0.25) is 5.95 Å². The highest BCUT2D eigenvalue weighted by molar-refractivity contribution is 5.50. The van der Waals surface area contributed by atoms with Crippen molar-refractivity contribution < 1.29 is 9.13 Å². The van der Waals surface area contributed by atoms with Crippen molar-refractivity contribution in [2.75, 3.05) is 60.7 Å². The van der Waals surface area contributed by atoms with Gasteiger partial charge in [-0.3, -0.25) is 0 Å². The second-order valence-corrected chi connectivity index (χ2v) is 6.64. The first kappa shape index (κ1) is 19.2. The van der Waals surface area contributed by atoms with E-state index in [1.807, 2.05) is 6.07 Å². The number of hydrogen-bond donors (Lipinski definition) is 2. The van der Waals surface area contributed by atoms with E-state index < -0.39 is 0 Å². The molecule has 1 aromatic heterocycles. The Morgan fingerprint density at radius 1 is 0.889 bits per heavy atom. The van der Waals surface area contributed by atoms with Crippen LogP contribution in [0.1, 0.15) is 19.3 Å². The van der Waals surface area contributed by atoms with Crippen molar-refractivity contribution in [3.8, 4) is 0 Å². The maximum atomic E-state index is 12.9. The van der Waals surface area contributed by atoms with Gasteiger partial charge >= 0.3 is 0 Å². The molecule has 2 aromatic rings. The first-order valence-corrected chi connectivity index (χ1v) is 9.35. The van der Waals surface area contributed by atoms with Gasteiger partial charge in [0.1, 0.15) is 17.5 Å². The molecule has 2 fully saturated rings. The molecular formula is C19H27FN6O. The smallest absolute Gasteiger partial charge is 0.223 e. The molecule has 4 N–H and O–H groups in total. The van der Waals surface area contributed by atoms with Crippen LogP contribution in [0, 0.1) is 5.82 Å². The van der Waals surface area contributed by atoms with Crippen LogP contribution in [0.5, 0.6) is 0 Å². The zero-order chi connectivity index (χ0) is 19.1. The van der Waals surface area contributed by atoms with Gasteiger partial charge in [-0.15, -0.1) is 0 Å². The molecule has 0 atom stereocenters. The van der Waals surface area contributed by atoms with Crippen LogP contribution in [0.2, 0.25) is 0 Å². The minimum Gasteiger partial charge on any atom is -0.383 e. The van der Waals surface area contributed by atoms with Gasteiger partial charge in [-0.05, 0) is 37.5 Å². The highest BCUT2D eigenvalue weighted by Gasteiger charge is 2.13. The van der Waals surface area contributed by atoms with E-state index in [9.17, 15) is 4.39 Å². The summed E-state index contributed by atoms with van der Waals surface area (Å²) in [6.07, 6.45) is 3.78.